The number of guanidine groups is 1. The van der Waals surface area contributed by atoms with E-state index >= 15 is 0 Å². The van der Waals surface area contributed by atoms with E-state index in [4.69, 9.17) is 9.47 Å². The van der Waals surface area contributed by atoms with Gasteiger partial charge in [-0.3, -0.25) is 4.99 Å². The number of benzene rings is 1. The van der Waals surface area contributed by atoms with Crippen molar-refractivity contribution in [2.45, 2.75) is 44.6 Å². The van der Waals surface area contributed by atoms with Crippen LogP contribution in [0.2, 0.25) is 0 Å². The van der Waals surface area contributed by atoms with Gasteiger partial charge in [-0.05, 0) is 56.5 Å². The number of nitrogens with zero attached hydrogens (tertiary/aromatic N) is 1. The molecular formula is C23H33N3O2S. The predicted molar refractivity (Wildman–Crippen MR) is 121 cm³/mol. The van der Waals surface area contributed by atoms with E-state index in [1.54, 1.807) is 7.11 Å². The SMILES string of the molecule is CN=C(NCC1(c2ccc(OC)cc2)CCOCC1)NC(C)Cc1ccc(C)s1. The van der Waals surface area contributed by atoms with Crippen molar-refractivity contribution in [2.24, 2.45) is 4.99 Å². The van der Waals surface area contributed by atoms with Crippen molar-refractivity contribution in [3.05, 3.63) is 51.7 Å². The lowest BCUT2D eigenvalue weighted by molar-refractivity contribution is 0.0513. The van der Waals surface area contributed by atoms with Gasteiger partial charge < -0.3 is 20.1 Å². The first kappa shape index (κ1) is 21.7. The van der Waals surface area contributed by atoms with Gasteiger partial charge in [-0.25, -0.2) is 0 Å². The van der Waals surface area contributed by atoms with Gasteiger partial charge in [0.2, 0.25) is 0 Å². The first-order chi connectivity index (χ1) is 14.0. The molecule has 29 heavy (non-hydrogen) atoms. The molecule has 1 aliphatic rings. The highest BCUT2D eigenvalue weighted by Gasteiger charge is 2.34. The van der Waals surface area contributed by atoms with Crippen LogP contribution < -0.4 is 15.4 Å². The smallest absolute Gasteiger partial charge is 0.191 e. The van der Waals surface area contributed by atoms with Gasteiger partial charge in [-0.2, -0.15) is 0 Å². The molecule has 5 nitrogen and oxygen atoms in total. The maximum atomic E-state index is 5.66. The van der Waals surface area contributed by atoms with Crippen molar-refractivity contribution in [3.8, 4) is 5.75 Å². The Labute approximate surface area is 178 Å². The van der Waals surface area contributed by atoms with Crippen molar-refractivity contribution < 1.29 is 9.47 Å². The Hall–Kier alpha value is -2.05. The Bertz CT molecular complexity index is 795. The molecule has 0 radical (unpaired) electrons. The minimum atomic E-state index is 0.0379. The summed E-state index contributed by atoms with van der Waals surface area (Å²) in [4.78, 5) is 7.22. The molecule has 1 unspecified atom stereocenters. The number of ether oxygens (including phenoxy) is 2. The monoisotopic (exact) mass is 415 g/mol. The second-order valence-corrected chi connectivity index (χ2v) is 9.18. The number of rotatable bonds is 7. The first-order valence-electron chi connectivity index (χ1n) is 10.3. The van der Waals surface area contributed by atoms with Gasteiger partial charge in [0, 0.05) is 54.4 Å². The van der Waals surface area contributed by atoms with Crippen LogP contribution in [0.3, 0.4) is 0 Å². The highest BCUT2D eigenvalue weighted by atomic mass is 32.1. The quantitative estimate of drug-likeness (QED) is 0.532. The van der Waals surface area contributed by atoms with Crippen molar-refractivity contribution in [1.29, 1.82) is 0 Å². The van der Waals surface area contributed by atoms with Gasteiger partial charge >= 0.3 is 0 Å². The van der Waals surface area contributed by atoms with Crippen LogP contribution in [0.4, 0.5) is 0 Å². The molecule has 6 heteroatoms. The van der Waals surface area contributed by atoms with Crippen LogP contribution in [0.5, 0.6) is 5.75 Å². The number of hydrogen-bond acceptors (Lipinski definition) is 4. The van der Waals surface area contributed by atoms with Gasteiger partial charge in [0.15, 0.2) is 5.96 Å². The van der Waals surface area contributed by atoms with E-state index in [2.05, 4.69) is 53.7 Å². The zero-order valence-electron chi connectivity index (χ0n) is 18.0. The zero-order valence-corrected chi connectivity index (χ0v) is 18.8. The largest absolute Gasteiger partial charge is 0.497 e. The number of thiophene rings is 1. The number of nitrogens with one attached hydrogen (secondary N) is 2. The van der Waals surface area contributed by atoms with E-state index in [1.165, 1.54) is 15.3 Å². The van der Waals surface area contributed by atoms with Crippen LogP contribution in [0.15, 0.2) is 41.4 Å². The lowest BCUT2D eigenvalue weighted by Crippen LogP contribution is -2.50. The maximum Gasteiger partial charge on any atom is 0.191 e. The summed E-state index contributed by atoms with van der Waals surface area (Å²) in [6, 6.07) is 13.2. The summed E-state index contributed by atoms with van der Waals surface area (Å²) in [5.74, 6) is 1.74. The third-order valence-corrected chi connectivity index (χ3v) is 6.68. The molecule has 0 amide bonds. The van der Waals surface area contributed by atoms with Gasteiger partial charge in [0.1, 0.15) is 5.75 Å². The molecule has 1 aromatic carbocycles. The van der Waals surface area contributed by atoms with E-state index in [0.29, 0.717) is 6.04 Å². The highest BCUT2D eigenvalue weighted by Crippen LogP contribution is 2.35. The Balaban J connectivity index is 1.64. The predicted octanol–water partition coefficient (Wildman–Crippen LogP) is 3.91. The Morgan fingerprint density at radius 1 is 1.21 bits per heavy atom. The molecule has 1 atom stereocenters. The Morgan fingerprint density at radius 3 is 2.52 bits per heavy atom. The van der Waals surface area contributed by atoms with Crippen molar-refractivity contribution in [2.75, 3.05) is 33.9 Å². The fourth-order valence-electron chi connectivity index (χ4n) is 3.90. The Morgan fingerprint density at radius 2 is 1.93 bits per heavy atom. The molecular weight excluding hydrogens is 382 g/mol. The third kappa shape index (κ3) is 5.73. The van der Waals surface area contributed by atoms with Crippen LogP contribution >= 0.6 is 11.3 Å². The number of aliphatic imine (C=N–C) groups is 1. The minimum Gasteiger partial charge on any atom is -0.497 e. The molecule has 1 fully saturated rings. The van der Waals surface area contributed by atoms with Crippen LogP contribution in [0.1, 0.15) is 35.1 Å². The van der Waals surface area contributed by atoms with Gasteiger partial charge in [0.25, 0.3) is 0 Å². The second kappa shape index (κ2) is 10.1. The molecule has 0 saturated carbocycles. The summed E-state index contributed by atoms with van der Waals surface area (Å²) >= 11 is 1.86. The number of hydrogen-bond donors (Lipinski definition) is 2. The molecule has 2 N–H and O–H groups in total. The fourth-order valence-corrected chi connectivity index (χ4v) is 4.92. The van der Waals surface area contributed by atoms with E-state index in [1.807, 2.05) is 30.5 Å². The summed E-state index contributed by atoms with van der Waals surface area (Å²) < 4.78 is 11.0. The summed E-state index contributed by atoms with van der Waals surface area (Å²) in [5.41, 5.74) is 1.36. The molecule has 2 aromatic rings. The maximum absolute atomic E-state index is 5.66. The average molecular weight is 416 g/mol. The summed E-state index contributed by atoms with van der Waals surface area (Å²) in [6.45, 7) is 6.75. The number of aryl methyl sites for hydroxylation is 1. The van der Waals surface area contributed by atoms with Crippen LogP contribution in [-0.2, 0) is 16.6 Å². The van der Waals surface area contributed by atoms with Gasteiger partial charge in [0.05, 0.1) is 7.11 Å². The molecule has 0 aliphatic carbocycles. The van der Waals surface area contributed by atoms with Crippen LogP contribution in [0, 0.1) is 6.92 Å². The third-order valence-electron chi connectivity index (χ3n) is 5.66. The van der Waals surface area contributed by atoms with E-state index in [0.717, 1.165) is 50.7 Å². The molecule has 2 heterocycles. The minimum absolute atomic E-state index is 0.0379. The lowest BCUT2D eigenvalue weighted by atomic mass is 9.74. The van der Waals surface area contributed by atoms with Gasteiger partial charge in [-0.15, -0.1) is 11.3 Å². The molecule has 1 aromatic heterocycles. The zero-order chi connectivity index (χ0) is 20.7. The van der Waals surface area contributed by atoms with Crippen molar-refractivity contribution in [1.82, 2.24) is 10.6 Å². The molecule has 3 rings (SSSR count). The second-order valence-electron chi connectivity index (χ2n) is 7.81. The first-order valence-corrected chi connectivity index (χ1v) is 11.1. The van der Waals surface area contributed by atoms with Crippen molar-refractivity contribution in [3.63, 3.8) is 0 Å². The standard InChI is InChI=1S/C23H33N3O2S/c1-17(15-21-10-5-18(2)29-21)26-22(24-3)25-16-23(11-13-28-14-12-23)19-6-8-20(27-4)9-7-19/h5-10,17H,11-16H2,1-4H3,(H2,24,25,26). The van der Waals surface area contributed by atoms with Gasteiger partial charge in [-0.1, -0.05) is 12.1 Å². The van der Waals surface area contributed by atoms with E-state index in [-0.39, 0.29) is 5.41 Å². The van der Waals surface area contributed by atoms with Crippen molar-refractivity contribution >= 4 is 17.3 Å². The lowest BCUT2D eigenvalue weighted by Gasteiger charge is -2.38. The highest BCUT2D eigenvalue weighted by molar-refractivity contribution is 7.11. The topological polar surface area (TPSA) is 54.9 Å². The summed E-state index contributed by atoms with van der Waals surface area (Å²) in [5, 5.41) is 7.13. The van der Waals surface area contributed by atoms with Crippen LogP contribution in [-0.4, -0.2) is 45.9 Å². The Kier molecular flexibility index (Phi) is 7.56. The molecule has 0 bridgehead atoms. The van der Waals surface area contributed by atoms with Crippen LogP contribution in [0.25, 0.3) is 0 Å². The molecule has 1 aliphatic heterocycles. The molecule has 1 saturated heterocycles. The molecule has 0 spiro atoms. The normalized spacial score (nSPS) is 17.6. The summed E-state index contributed by atoms with van der Waals surface area (Å²) in [7, 11) is 3.54. The van der Waals surface area contributed by atoms with E-state index < -0.39 is 0 Å². The molecule has 158 valence electrons. The summed E-state index contributed by atoms with van der Waals surface area (Å²) in [6.07, 6.45) is 2.98. The van der Waals surface area contributed by atoms with E-state index in [9.17, 15) is 0 Å². The fraction of sp³-hybridized carbons (Fsp3) is 0.522. The average Bonchev–Trinajstić information content (AvgIpc) is 3.16. The number of methoxy groups -OCH3 is 1.